The predicted molar refractivity (Wildman–Crippen MR) is 109 cm³/mol. The van der Waals surface area contributed by atoms with Gasteiger partial charge in [0.1, 0.15) is 5.82 Å². The van der Waals surface area contributed by atoms with E-state index in [2.05, 4.69) is 30.8 Å². The van der Waals surface area contributed by atoms with Gasteiger partial charge in [-0.25, -0.2) is 9.97 Å². The smallest absolute Gasteiger partial charge is 0.271 e. The highest BCUT2D eigenvalue weighted by Gasteiger charge is 2.20. The zero-order chi connectivity index (χ0) is 20.2. The van der Waals surface area contributed by atoms with E-state index in [1.165, 1.54) is 11.0 Å². The van der Waals surface area contributed by atoms with Crippen molar-refractivity contribution in [3.8, 4) is 5.69 Å². The lowest BCUT2D eigenvalue weighted by molar-refractivity contribution is 0.0996. The van der Waals surface area contributed by atoms with Crippen LogP contribution in [0.5, 0.6) is 0 Å². The summed E-state index contributed by atoms with van der Waals surface area (Å²) in [6, 6.07) is 7.97. The number of nitrogens with two attached hydrogens (primary N) is 2. The van der Waals surface area contributed by atoms with Crippen LogP contribution in [-0.2, 0) is 0 Å². The zero-order valence-electron chi connectivity index (χ0n) is 15.8. The summed E-state index contributed by atoms with van der Waals surface area (Å²) >= 11 is 0. The Labute approximate surface area is 167 Å². The van der Waals surface area contributed by atoms with E-state index in [9.17, 15) is 4.79 Å². The van der Waals surface area contributed by atoms with Crippen molar-refractivity contribution >= 4 is 23.2 Å². The van der Waals surface area contributed by atoms with Gasteiger partial charge in [0.2, 0.25) is 0 Å². The molecule has 10 heteroatoms. The Morgan fingerprint density at radius 3 is 2.62 bits per heavy atom. The largest absolute Gasteiger partial charge is 0.366 e. The molecule has 6 N–H and O–H groups in total. The van der Waals surface area contributed by atoms with Gasteiger partial charge in [0.05, 0.1) is 24.3 Å². The van der Waals surface area contributed by atoms with E-state index in [0.29, 0.717) is 17.3 Å². The molecule has 0 aliphatic heterocycles. The van der Waals surface area contributed by atoms with Crippen molar-refractivity contribution in [1.29, 1.82) is 0 Å². The molecule has 2 heterocycles. The van der Waals surface area contributed by atoms with Gasteiger partial charge in [0.15, 0.2) is 11.5 Å². The quantitative estimate of drug-likeness (QED) is 0.493. The van der Waals surface area contributed by atoms with Crippen LogP contribution in [0.2, 0.25) is 0 Å². The van der Waals surface area contributed by atoms with E-state index in [0.717, 1.165) is 31.4 Å². The third kappa shape index (κ3) is 4.49. The van der Waals surface area contributed by atoms with E-state index < -0.39 is 5.91 Å². The Bertz CT molecular complexity index is 981. The lowest BCUT2D eigenvalue weighted by atomic mass is 9.92. The minimum Gasteiger partial charge on any atom is -0.366 e. The highest BCUT2D eigenvalue weighted by Crippen LogP contribution is 2.24. The van der Waals surface area contributed by atoms with E-state index in [4.69, 9.17) is 11.5 Å². The Balaban J connectivity index is 1.57. The second-order valence-electron chi connectivity index (χ2n) is 7.07. The van der Waals surface area contributed by atoms with Gasteiger partial charge in [0, 0.05) is 17.8 Å². The summed E-state index contributed by atoms with van der Waals surface area (Å²) in [6.07, 6.45) is 8.63. The Kier molecular flexibility index (Phi) is 5.34. The average Bonchev–Trinajstić information content (AvgIpc) is 3.25. The average molecular weight is 393 g/mol. The van der Waals surface area contributed by atoms with E-state index in [1.807, 2.05) is 24.3 Å². The van der Waals surface area contributed by atoms with Gasteiger partial charge in [-0.2, -0.15) is 15.0 Å². The molecule has 1 aromatic carbocycles. The minimum atomic E-state index is -0.653. The maximum Gasteiger partial charge on any atom is 0.271 e. The third-order valence-corrected chi connectivity index (χ3v) is 4.89. The van der Waals surface area contributed by atoms with Gasteiger partial charge in [-0.1, -0.05) is 6.07 Å². The molecule has 0 radical (unpaired) electrons. The van der Waals surface area contributed by atoms with Gasteiger partial charge >= 0.3 is 0 Å². The van der Waals surface area contributed by atoms with Crippen LogP contribution in [-0.4, -0.2) is 43.0 Å². The fourth-order valence-corrected chi connectivity index (χ4v) is 3.39. The first-order chi connectivity index (χ1) is 14.1. The van der Waals surface area contributed by atoms with Crippen LogP contribution in [0.25, 0.3) is 5.69 Å². The van der Waals surface area contributed by atoms with Crippen molar-refractivity contribution in [2.75, 3.05) is 10.6 Å². The monoisotopic (exact) mass is 393 g/mol. The minimum absolute atomic E-state index is 0.0730. The number of primary amides is 1. The fourth-order valence-electron chi connectivity index (χ4n) is 3.39. The Morgan fingerprint density at radius 1 is 1.14 bits per heavy atom. The fraction of sp³-hybridized carbons (Fsp3) is 0.316. The van der Waals surface area contributed by atoms with Crippen molar-refractivity contribution in [2.24, 2.45) is 11.5 Å². The predicted octanol–water partition coefficient (Wildman–Crippen LogP) is 1.58. The van der Waals surface area contributed by atoms with Crippen LogP contribution in [0.3, 0.4) is 0 Å². The molecule has 1 amide bonds. The number of anilines is 3. The van der Waals surface area contributed by atoms with Crippen molar-refractivity contribution < 1.29 is 4.79 Å². The number of carbonyl (C=O) groups is 1. The standard InChI is InChI=1S/C19H23N9O/c20-12-4-6-13(7-5-12)25-16-11-22-17(18(21)29)19(27-16)26-14-2-1-3-15(10-14)28-23-8-9-24-28/h1-3,8-13H,4-7,20H2,(H2,21,29)(H2,25,26,27)/t12-,13-. The summed E-state index contributed by atoms with van der Waals surface area (Å²) in [7, 11) is 0. The molecule has 4 rings (SSSR count). The highest BCUT2D eigenvalue weighted by atomic mass is 16.1. The summed E-state index contributed by atoms with van der Waals surface area (Å²) in [5.74, 6) is 0.226. The number of rotatable bonds is 6. The number of benzene rings is 1. The van der Waals surface area contributed by atoms with Crippen molar-refractivity contribution in [2.45, 2.75) is 37.8 Å². The normalized spacial score (nSPS) is 18.9. The SMILES string of the molecule is NC(=O)c1ncc(N[C@H]2CC[C@H](N)CC2)nc1Nc1cccc(-n2nccn2)c1. The Hall–Kier alpha value is -3.53. The van der Waals surface area contributed by atoms with Crippen LogP contribution < -0.4 is 22.1 Å². The molecule has 0 bridgehead atoms. The zero-order valence-corrected chi connectivity index (χ0v) is 15.8. The van der Waals surface area contributed by atoms with Gasteiger partial charge in [-0.3, -0.25) is 4.79 Å². The molecule has 0 spiro atoms. The number of aromatic nitrogens is 5. The maximum absolute atomic E-state index is 11.8. The van der Waals surface area contributed by atoms with E-state index in [-0.39, 0.29) is 17.8 Å². The molecule has 1 aliphatic carbocycles. The maximum atomic E-state index is 11.8. The van der Waals surface area contributed by atoms with Gasteiger partial charge in [-0.05, 0) is 43.9 Å². The summed E-state index contributed by atoms with van der Waals surface area (Å²) in [5.41, 5.74) is 13.0. The first-order valence-electron chi connectivity index (χ1n) is 9.51. The topological polar surface area (TPSA) is 150 Å². The molecule has 2 aromatic heterocycles. The second kappa shape index (κ2) is 8.23. The van der Waals surface area contributed by atoms with Crippen LogP contribution in [0.15, 0.2) is 42.9 Å². The van der Waals surface area contributed by atoms with Crippen LogP contribution >= 0.6 is 0 Å². The molecule has 29 heavy (non-hydrogen) atoms. The highest BCUT2D eigenvalue weighted by molar-refractivity contribution is 5.96. The number of hydrogen-bond acceptors (Lipinski definition) is 8. The number of amides is 1. The molecule has 1 saturated carbocycles. The number of nitrogens with one attached hydrogen (secondary N) is 2. The van der Waals surface area contributed by atoms with Crippen molar-refractivity contribution in [3.63, 3.8) is 0 Å². The van der Waals surface area contributed by atoms with Crippen molar-refractivity contribution in [3.05, 3.63) is 48.5 Å². The molecule has 10 nitrogen and oxygen atoms in total. The lowest BCUT2D eigenvalue weighted by Crippen LogP contribution is -2.33. The summed E-state index contributed by atoms with van der Waals surface area (Å²) in [5, 5.41) is 14.8. The van der Waals surface area contributed by atoms with Crippen LogP contribution in [0.4, 0.5) is 17.3 Å². The molecule has 3 aromatic rings. The second-order valence-corrected chi connectivity index (χ2v) is 7.07. The number of hydrogen-bond donors (Lipinski definition) is 4. The third-order valence-electron chi connectivity index (χ3n) is 4.89. The molecular weight excluding hydrogens is 370 g/mol. The number of carbonyl (C=O) groups excluding carboxylic acids is 1. The molecule has 1 fully saturated rings. The molecular formula is C19H23N9O. The summed E-state index contributed by atoms with van der Waals surface area (Å²) < 4.78 is 0. The van der Waals surface area contributed by atoms with Crippen molar-refractivity contribution in [1.82, 2.24) is 25.0 Å². The van der Waals surface area contributed by atoms with E-state index >= 15 is 0 Å². The molecule has 0 unspecified atom stereocenters. The first-order valence-corrected chi connectivity index (χ1v) is 9.51. The first kappa shape index (κ1) is 18.8. The lowest BCUT2D eigenvalue weighted by Gasteiger charge is -2.27. The van der Waals surface area contributed by atoms with Gasteiger partial charge < -0.3 is 22.1 Å². The summed E-state index contributed by atoms with van der Waals surface area (Å²) in [4.78, 5) is 22.1. The number of nitrogens with zero attached hydrogens (tertiary/aromatic N) is 5. The Morgan fingerprint density at radius 2 is 1.90 bits per heavy atom. The molecule has 150 valence electrons. The van der Waals surface area contributed by atoms with Crippen LogP contribution in [0, 0.1) is 0 Å². The molecule has 0 atom stereocenters. The van der Waals surface area contributed by atoms with Crippen LogP contribution in [0.1, 0.15) is 36.2 Å². The van der Waals surface area contributed by atoms with Gasteiger partial charge in [-0.15, -0.1) is 0 Å². The molecule has 1 aliphatic rings. The van der Waals surface area contributed by atoms with E-state index in [1.54, 1.807) is 12.4 Å². The van der Waals surface area contributed by atoms with Gasteiger partial charge in [0.25, 0.3) is 5.91 Å². The summed E-state index contributed by atoms with van der Waals surface area (Å²) in [6.45, 7) is 0. The molecule has 0 saturated heterocycles.